The first-order valence-corrected chi connectivity index (χ1v) is 10.4. The van der Waals surface area contributed by atoms with E-state index in [4.69, 9.17) is 6.42 Å². The van der Waals surface area contributed by atoms with Gasteiger partial charge in [-0.05, 0) is 73.5 Å². The van der Waals surface area contributed by atoms with Crippen LogP contribution in [0, 0.1) is 26.2 Å². The highest BCUT2D eigenvalue weighted by Crippen LogP contribution is 2.22. The molecule has 0 bridgehead atoms. The van der Waals surface area contributed by atoms with Gasteiger partial charge in [-0.1, -0.05) is 24.1 Å². The van der Waals surface area contributed by atoms with E-state index < -0.39 is 10.0 Å². The van der Waals surface area contributed by atoms with Crippen LogP contribution in [0.1, 0.15) is 27.0 Å². The topological polar surface area (TPSA) is 75.3 Å². The fourth-order valence-electron chi connectivity index (χ4n) is 2.74. The molecule has 0 aromatic heterocycles. The molecular formula is C23H20N2O3S. The smallest absolute Gasteiger partial charge is 0.261 e. The van der Waals surface area contributed by atoms with Crippen LogP contribution in [-0.4, -0.2) is 14.3 Å². The van der Waals surface area contributed by atoms with Gasteiger partial charge in [0.2, 0.25) is 0 Å². The van der Waals surface area contributed by atoms with Crippen LogP contribution in [0.25, 0.3) is 0 Å². The lowest BCUT2D eigenvalue weighted by molar-refractivity contribution is 0.102. The van der Waals surface area contributed by atoms with E-state index >= 15 is 0 Å². The van der Waals surface area contributed by atoms with Crippen molar-refractivity contribution >= 4 is 27.3 Å². The lowest BCUT2D eigenvalue weighted by Gasteiger charge is -2.12. The van der Waals surface area contributed by atoms with Crippen molar-refractivity contribution in [2.45, 2.75) is 18.7 Å². The molecule has 1 amide bonds. The lowest BCUT2D eigenvalue weighted by Crippen LogP contribution is -2.15. The average Bonchev–Trinajstić information content (AvgIpc) is 2.71. The van der Waals surface area contributed by atoms with Gasteiger partial charge in [0.1, 0.15) is 0 Å². The molecule has 0 atom stereocenters. The van der Waals surface area contributed by atoms with Gasteiger partial charge < -0.3 is 5.32 Å². The minimum absolute atomic E-state index is 0.0734. The number of terminal acetylenes is 1. The van der Waals surface area contributed by atoms with Crippen molar-refractivity contribution in [3.05, 3.63) is 89.0 Å². The van der Waals surface area contributed by atoms with Crippen LogP contribution >= 0.6 is 0 Å². The summed E-state index contributed by atoms with van der Waals surface area (Å²) in [4.78, 5) is 12.5. The molecule has 146 valence electrons. The van der Waals surface area contributed by atoms with Gasteiger partial charge in [-0.25, -0.2) is 8.42 Å². The maximum atomic E-state index is 12.7. The second-order valence-corrected chi connectivity index (χ2v) is 8.24. The maximum Gasteiger partial charge on any atom is 0.261 e. The van der Waals surface area contributed by atoms with Crippen molar-refractivity contribution in [3.8, 4) is 12.3 Å². The Morgan fingerprint density at radius 3 is 2.34 bits per heavy atom. The van der Waals surface area contributed by atoms with E-state index in [-0.39, 0.29) is 10.8 Å². The molecule has 5 nitrogen and oxygen atoms in total. The van der Waals surface area contributed by atoms with Crippen LogP contribution in [-0.2, 0) is 10.0 Å². The molecule has 0 aliphatic heterocycles. The van der Waals surface area contributed by atoms with Crippen molar-refractivity contribution in [2.24, 2.45) is 0 Å². The molecule has 3 aromatic carbocycles. The molecular weight excluding hydrogens is 384 g/mol. The monoisotopic (exact) mass is 404 g/mol. The van der Waals surface area contributed by atoms with Gasteiger partial charge in [-0.2, -0.15) is 0 Å². The lowest BCUT2D eigenvalue weighted by atomic mass is 10.1. The molecule has 0 aliphatic rings. The SMILES string of the molecule is C#Cc1cccc(NC(=O)c2ccc(S(=O)(=O)Nc3cccc(C)c3C)cc2)c1. The van der Waals surface area contributed by atoms with Gasteiger partial charge in [-0.15, -0.1) is 6.42 Å². The number of benzene rings is 3. The van der Waals surface area contributed by atoms with Crippen molar-refractivity contribution < 1.29 is 13.2 Å². The third-order valence-corrected chi connectivity index (χ3v) is 5.94. The van der Waals surface area contributed by atoms with Gasteiger partial charge in [-0.3, -0.25) is 9.52 Å². The molecule has 2 N–H and O–H groups in total. The highest BCUT2D eigenvalue weighted by atomic mass is 32.2. The molecule has 0 heterocycles. The van der Waals surface area contributed by atoms with Crippen molar-refractivity contribution in [3.63, 3.8) is 0 Å². The van der Waals surface area contributed by atoms with Gasteiger partial charge >= 0.3 is 0 Å². The Morgan fingerprint density at radius 2 is 1.66 bits per heavy atom. The van der Waals surface area contributed by atoms with Crippen LogP contribution in [0.5, 0.6) is 0 Å². The van der Waals surface area contributed by atoms with Gasteiger partial charge in [0.25, 0.3) is 15.9 Å². The number of carbonyl (C=O) groups excluding carboxylic acids is 1. The summed E-state index contributed by atoms with van der Waals surface area (Å²) in [5.74, 6) is 2.15. The number of nitrogens with one attached hydrogen (secondary N) is 2. The van der Waals surface area contributed by atoms with Crippen LogP contribution < -0.4 is 10.0 Å². The Morgan fingerprint density at radius 1 is 0.966 bits per heavy atom. The first-order chi connectivity index (χ1) is 13.8. The minimum Gasteiger partial charge on any atom is -0.322 e. The summed E-state index contributed by atoms with van der Waals surface area (Å²) in [5.41, 5.74) is 3.94. The predicted octanol–water partition coefficient (Wildman–Crippen LogP) is 4.34. The normalized spacial score (nSPS) is 10.8. The van der Waals surface area contributed by atoms with Crippen molar-refractivity contribution in [2.75, 3.05) is 10.0 Å². The maximum absolute atomic E-state index is 12.7. The van der Waals surface area contributed by atoms with Gasteiger partial charge in [0.05, 0.1) is 10.6 Å². The Bertz CT molecular complexity index is 1210. The molecule has 0 unspecified atom stereocenters. The van der Waals surface area contributed by atoms with E-state index in [1.807, 2.05) is 19.9 Å². The second-order valence-electron chi connectivity index (χ2n) is 6.56. The minimum atomic E-state index is -3.77. The third kappa shape index (κ3) is 4.65. The standard InChI is InChI=1S/C23H20N2O3S/c1-4-18-8-6-9-20(15-18)24-23(26)19-11-13-21(14-12-19)29(27,28)25-22-10-5-7-16(2)17(22)3/h1,5-15,25H,2-3H3,(H,24,26). The number of hydrogen-bond donors (Lipinski definition) is 2. The van der Waals surface area contributed by atoms with E-state index in [2.05, 4.69) is 16.0 Å². The number of hydrogen-bond acceptors (Lipinski definition) is 3. The summed E-state index contributed by atoms with van der Waals surface area (Å²) in [5, 5.41) is 2.75. The summed E-state index contributed by atoms with van der Waals surface area (Å²) >= 11 is 0. The van der Waals surface area contributed by atoms with Gasteiger partial charge in [0, 0.05) is 16.8 Å². The number of anilines is 2. The molecule has 0 spiro atoms. The van der Waals surface area contributed by atoms with E-state index in [1.54, 1.807) is 36.4 Å². The number of carbonyl (C=O) groups is 1. The highest BCUT2D eigenvalue weighted by Gasteiger charge is 2.16. The number of sulfonamides is 1. The molecule has 3 rings (SSSR count). The molecule has 0 saturated heterocycles. The predicted molar refractivity (Wildman–Crippen MR) is 115 cm³/mol. The molecule has 3 aromatic rings. The van der Waals surface area contributed by atoms with Crippen LogP contribution in [0.15, 0.2) is 71.6 Å². The highest BCUT2D eigenvalue weighted by molar-refractivity contribution is 7.92. The molecule has 0 saturated carbocycles. The fourth-order valence-corrected chi connectivity index (χ4v) is 3.86. The number of aryl methyl sites for hydroxylation is 1. The first kappa shape index (κ1) is 20.2. The van der Waals surface area contributed by atoms with Crippen molar-refractivity contribution in [1.29, 1.82) is 0 Å². The number of rotatable bonds is 5. The van der Waals surface area contributed by atoms with Crippen LogP contribution in [0.3, 0.4) is 0 Å². The van der Waals surface area contributed by atoms with Crippen molar-refractivity contribution in [1.82, 2.24) is 0 Å². The summed E-state index contributed by atoms with van der Waals surface area (Å²) in [6.45, 7) is 3.77. The van der Waals surface area contributed by atoms with E-state index in [1.165, 1.54) is 24.3 Å². The van der Waals surface area contributed by atoms with Gasteiger partial charge in [0.15, 0.2) is 0 Å². The number of amides is 1. The summed E-state index contributed by atoms with van der Waals surface area (Å²) in [7, 11) is -3.77. The van der Waals surface area contributed by atoms with E-state index in [9.17, 15) is 13.2 Å². The van der Waals surface area contributed by atoms with Crippen LogP contribution in [0.2, 0.25) is 0 Å². The Hall–Kier alpha value is -3.56. The Balaban J connectivity index is 1.77. The zero-order valence-corrected chi connectivity index (χ0v) is 16.9. The quantitative estimate of drug-likeness (QED) is 0.621. The molecule has 6 heteroatoms. The fraction of sp³-hybridized carbons (Fsp3) is 0.0870. The van der Waals surface area contributed by atoms with E-state index in [0.717, 1.165) is 11.1 Å². The van der Waals surface area contributed by atoms with Crippen LogP contribution in [0.4, 0.5) is 11.4 Å². The Labute approximate surface area is 170 Å². The third-order valence-electron chi connectivity index (χ3n) is 4.56. The molecule has 0 fully saturated rings. The summed E-state index contributed by atoms with van der Waals surface area (Å²) in [6.07, 6.45) is 5.37. The average molecular weight is 404 g/mol. The van der Waals surface area contributed by atoms with E-state index in [0.29, 0.717) is 22.5 Å². The summed E-state index contributed by atoms with van der Waals surface area (Å²) < 4.78 is 28.0. The zero-order chi connectivity index (χ0) is 21.0. The molecule has 29 heavy (non-hydrogen) atoms. The molecule has 0 aliphatic carbocycles. The second kappa shape index (κ2) is 8.21. The summed E-state index contributed by atoms with van der Waals surface area (Å²) in [6, 6.07) is 18.1. The molecule has 0 radical (unpaired) electrons. The Kier molecular flexibility index (Phi) is 5.71. The zero-order valence-electron chi connectivity index (χ0n) is 16.1. The first-order valence-electron chi connectivity index (χ1n) is 8.87. The largest absolute Gasteiger partial charge is 0.322 e.